The molecular weight excluding hydrogens is 324 g/mol. The Hall–Kier alpha value is -1.79. The molecule has 1 aromatic carbocycles. The highest BCUT2D eigenvalue weighted by molar-refractivity contribution is 5.74. The first kappa shape index (κ1) is 20.3. The number of amides is 2. The van der Waals surface area contributed by atoms with Gasteiger partial charge in [-0.1, -0.05) is 26.8 Å². The van der Waals surface area contributed by atoms with Gasteiger partial charge in [0, 0.05) is 17.6 Å². The van der Waals surface area contributed by atoms with Crippen LogP contribution in [-0.4, -0.2) is 11.6 Å². The van der Waals surface area contributed by atoms with E-state index in [0.717, 1.165) is 18.6 Å². The number of nitrogens with one attached hydrogen (secondary N) is 2. The van der Waals surface area contributed by atoms with Crippen LogP contribution in [0.3, 0.4) is 0 Å². The quantitative estimate of drug-likeness (QED) is 0.750. The van der Waals surface area contributed by atoms with E-state index in [-0.39, 0.29) is 17.5 Å². The van der Waals surface area contributed by atoms with E-state index in [1.807, 2.05) is 34.6 Å². The summed E-state index contributed by atoms with van der Waals surface area (Å²) in [6.45, 7) is 9.69. The molecule has 1 rings (SSSR count). The average Bonchev–Trinajstić information content (AvgIpc) is 2.32. The Labute approximate surface area is 139 Å². The lowest BCUT2D eigenvalue weighted by Crippen LogP contribution is -2.49. The first-order valence-electron chi connectivity index (χ1n) is 7.61. The number of hydrogen-bond acceptors (Lipinski definition) is 1. The molecule has 2 N–H and O–H groups in total. The maximum Gasteiger partial charge on any atom is 0.416 e. The number of alkyl halides is 3. The number of carbonyl (C=O) groups excluding carboxylic acids is 1. The Morgan fingerprint density at radius 3 is 2.12 bits per heavy atom. The third-order valence-corrected chi connectivity index (χ3v) is 3.24. The topological polar surface area (TPSA) is 41.1 Å². The fourth-order valence-electron chi connectivity index (χ4n) is 2.76. The zero-order valence-electron chi connectivity index (χ0n) is 14.6. The summed E-state index contributed by atoms with van der Waals surface area (Å²) < 4.78 is 51.2. The minimum atomic E-state index is -4.60. The summed E-state index contributed by atoms with van der Waals surface area (Å²) in [6.07, 6.45) is -3.87. The molecule has 0 saturated heterocycles. The molecule has 0 aliphatic heterocycles. The third kappa shape index (κ3) is 6.76. The van der Waals surface area contributed by atoms with Crippen LogP contribution in [-0.2, 0) is 12.7 Å². The molecule has 0 spiro atoms. The summed E-state index contributed by atoms with van der Waals surface area (Å²) in [4.78, 5) is 11.9. The summed E-state index contributed by atoms with van der Waals surface area (Å²) >= 11 is 0. The Bertz CT molecular complexity index is 589. The van der Waals surface area contributed by atoms with Crippen LogP contribution in [0, 0.1) is 11.2 Å². The zero-order valence-corrected chi connectivity index (χ0v) is 14.6. The molecule has 0 fully saturated rings. The molecule has 136 valence electrons. The van der Waals surface area contributed by atoms with Crippen molar-refractivity contribution < 1.29 is 22.4 Å². The van der Waals surface area contributed by atoms with Crippen LogP contribution in [0.1, 0.15) is 52.2 Å². The van der Waals surface area contributed by atoms with Gasteiger partial charge in [0.25, 0.3) is 0 Å². The predicted molar refractivity (Wildman–Crippen MR) is 84.9 cm³/mol. The van der Waals surface area contributed by atoms with Gasteiger partial charge in [0.05, 0.1) is 5.56 Å². The molecule has 0 aliphatic rings. The number of hydrogen-bond donors (Lipinski definition) is 2. The number of urea groups is 1. The van der Waals surface area contributed by atoms with Crippen molar-refractivity contribution in [2.24, 2.45) is 5.41 Å². The van der Waals surface area contributed by atoms with Gasteiger partial charge >= 0.3 is 12.2 Å². The molecule has 0 aromatic heterocycles. The SMILES string of the molecule is CC(C)(C)CC(C)(C)NC(=O)NCc1ccc(C(F)(F)F)cc1F. The first-order chi connectivity index (χ1) is 10.7. The molecule has 24 heavy (non-hydrogen) atoms. The van der Waals surface area contributed by atoms with Crippen LogP contribution in [0.25, 0.3) is 0 Å². The van der Waals surface area contributed by atoms with Gasteiger partial charge < -0.3 is 10.6 Å². The van der Waals surface area contributed by atoms with Crippen LogP contribution in [0.15, 0.2) is 18.2 Å². The normalized spacial score (nSPS) is 12.9. The van der Waals surface area contributed by atoms with E-state index in [1.165, 1.54) is 0 Å². The van der Waals surface area contributed by atoms with E-state index in [9.17, 15) is 22.4 Å². The third-order valence-electron chi connectivity index (χ3n) is 3.24. The Balaban J connectivity index is 2.65. The molecule has 0 radical (unpaired) electrons. The lowest BCUT2D eigenvalue weighted by atomic mass is 9.82. The summed E-state index contributed by atoms with van der Waals surface area (Å²) in [5.41, 5.74) is -1.52. The zero-order chi connectivity index (χ0) is 18.8. The van der Waals surface area contributed by atoms with E-state index in [0.29, 0.717) is 6.07 Å². The second kappa shape index (κ2) is 6.99. The number of halogens is 4. The molecule has 7 heteroatoms. The van der Waals surface area contributed by atoms with Gasteiger partial charge in [-0.3, -0.25) is 0 Å². The average molecular weight is 348 g/mol. The van der Waals surface area contributed by atoms with Crippen LogP contribution in [0.4, 0.5) is 22.4 Å². The minimum absolute atomic E-state index is 0.00761. The van der Waals surface area contributed by atoms with Gasteiger partial charge in [-0.2, -0.15) is 13.2 Å². The minimum Gasteiger partial charge on any atom is -0.334 e. The maximum absolute atomic E-state index is 13.7. The molecule has 0 aliphatic carbocycles. The van der Waals surface area contributed by atoms with Crippen molar-refractivity contribution in [2.45, 2.75) is 59.3 Å². The standard InChI is InChI=1S/C17H24F4N2O/c1-15(2,3)10-16(4,5)23-14(24)22-9-11-6-7-12(8-13(11)18)17(19,20)21/h6-8H,9-10H2,1-5H3,(H2,22,23,24). The van der Waals surface area contributed by atoms with Crippen molar-refractivity contribution in [3.8, 4) is 0 Å². The van der Waals surface area contributed by atoms with Gasteiger partial charge in [-0.15, -0.1) is 0 Å². The van der Waals surface area contributed by atoms with Crippen molar-refractivity contribution in [1.29, 1.82) is 0 Å². The van der Waals surface area contributed by atoms with Gasteiger partial charge in [0.2, 0.25) is 0 Å². The lowest BCUT2D eigenvalue weighted by molar-refractivity contribution is -0.137. The molecule has 2 amide bonds. The van der Waals surface area contributed by atoms with E-state index in [4.69, 9.17) is 0 Å². The van der Waals surface area contributed by atoms with Crippen molar-refractivity contribution >= 4 is 6.03 Å². The summed E-state index contributed by atoms with van der Waals surface area (Å²) in [5.74, 6) is -1.00. The van der Waals surface area contributed by atoms with Gasteiger partial charge in [0.1, 0.15) is 5.82 Å². The molecule has 3 nitrogen and oxygen atoms in total. The van der Waals surface area contributed by atoms with Crippen molar-refractivity contribution in [3.05, 3.63) is 35.1 Å². The maximum atomic E-state index is 13.7. The van der Waals surface area contributed by atoms with Crippen molar-refractivity contribution in [3.63, 3.8) is 0 Å². The molecular formula is C17H24F4N2O. The number of benzene rings is 1. The van der Waals surface area contributed by atoms with Crippen LogP contribution >= 0.6 is 0 Å². The van der Waals surface area contributed by atoms with E-state index in [1.54, 1.807) is 0 Å². The largest absolute Gasteiger partial charge is 0.416 e. The molecule has 1 aromatic rings. The van der Waals surface area contributed by atoms with E-state index in [2.05, 4.69) is 10.6 Å². The number of carbonyl (C=O) groups is 1. The molecule has 0 bridgehead atoms. The molecule has 0 heterocycles. The highest BCUT2D eigenvalue weighted by atomic mass is 19.4. The molecule has 0 saturated carbocycles. The van der Waals surface area contributed by atoms with Crippen LogP contribution in [0.2, 0.25) is 0 Å². The van der Waals surface area contributed by atoms with Crippen molar-refractivity contribution in [2.75, 3.05) is 0 Å². The van der Waals surface area contributed by atoms with Gasteiger partial charge in [-0.05, 0) is 37.8 Å². The smallest absolute Gasteiger partial charge is 0.334 e. The lowest BCUT2D eigenvalue weighted by Gasteiger charge is -2.33. The molecule has 0 atom stereocenters. The summed E-state index contributed by atoms with van der Waals surface area (Å²) in [7, 11) is 0. The highest BCUT2D eigenvalue weighted by Crippen LogP contribution is 2.30. The Morgan fingerprint density at radius 1 is 1.08 bits per heavy atom. The summed E-state index contributed by atoms with van der Waals surface area (Å²) in [6, 6.07) is 1.75. The van der Waals surface area contributed by atoms with Gasteiger partial charge in [-0.25, -0.2) is 9.18 Å². The number of rotatable bonds is 4. The molecule has 0 unspecified atom stereocenters. The monoisotopic (exact) mass is 348 g/mol. The van der Waals surface area contributed by atoms with E-state index < -0.39 is 29.1 Å². The first-order valence-corrected chi connectivity index (χ1v) is 7.61. The fourth-order valence-corrected chi connectivity index (χ4v) is 2.76. The van der Waals surface area contributed by atoms with E-state index >= 15 is 0 Å². The second-order valence-electron chi connectivity index (χ2n) is 7.73. The predicted octanol–water partition coefficient (Wildman–Crippen LogP) is 4.86. The van der Waals surface area contributed by atoms with Crippen LogP contribution in [0.5, 0.6) is 0 Å². The van der Waals surface area contributed by atoms with Crippen LogP contribution < -0.4 is 10.6 Å². The Kier molecular flexibility index (Phi) is 5.90. The van der Waals surface area contributed by atoms with Gasteiger partial charge in [0.15, 0.2) is 0 Å². The fraction of sp³-hybridized carbons (Fsp3) is 0.588. The van der Waals surface area contributed by atoms with Crippen molar-refractivity contribution in [1.82, 2.24) is 10.6 Å². The highest BCUT2D eigenvalue weighted by Gasteiger charge is 2.31. The Morgan fingerprint density at radius 2 is 1.67 bits per heavy atom. The second-order valence-corrected chi connectivity index (χ2v) is 7.73. The summed E-state index contributed by atoms with van der Waals surface area (Å²) in [5, 5.41) is 5.25.